The molecule has 1 aromatic rings. The maximum Gasteiger partial charge on any atom is 0.119 e. The van der Waals surface area contributed by atoms with Crippen LogP contribution in [0.1, 0.15) is 6.92 Å². The van der Waals surface area contributed by atoms with E-state index in [2.05, 4.69) is 22.0 Å². The van der Waals surface area contributed by atoms with Crippen molar-refractivity contribution < 1.29 is 4.74 Å². The van der Waals surface area contributed by atoms with Crippen molar-refractivity contribution in [1.82, 2.24) is 0 Å². The molecule has 0 fully saturated rings. The van der Waals surface area contributed by atoms with E-state index >= 15 is 0 Å². The van der Waals surface area contributed by atoms with Crippen LogP contribution in [0, 0.1) is 0 Å². The fourth-order valence-electron chi connectivity index (χ4n) is 1.64. The van der Waals surface area contributed by atoms with Gasteiger partial charge >= 0.3 is 0 Å². The molecule has 0 saturated heterocycles. The highest BCUT2D eigenvalue weighted by molar-refractivity contribution is 5.97. The van der Waals surface area contributed by atoms with Crippen LogP contribution in [0.15, 0.2) is 29.3 Å². The van der Waals surface area contributed by atoms with Crippen molar-refractivity contribution in [1.29, 1.82) is 0 Å². The van der Waals surface area contributed by atoms with Gasteiger partial charge in [0.15, 0.2) is 0 Å². The van der Waals surface area contributed by atoms with Crippen molar-refractivity contribution >= 4 is 11.5 Å². The molecule has 0 unspecified atom stereocenters. The predicted octanol–water partition coefficient (Wildman–Crippen LogP) is 1.93. The van der Waals surface area contributed by atoms with Crippen LogP contribution in [-0.4, -0.2) is 26.0 Å². The van der Waals surface area contributed by atoms with Gasteiger partial charge in [0.1, 0.15) is 11.6 Å². The predicted molar refractivity (Wildman–Crippen MR) is 58.3 cm³/mol. The second-order valence-corrected chi connectivity index (χ2v) is 3.28. The van der Waals surface area contributed by atoms with Crippen LogP contribution in [0.2, 0.25) is 0 Å². The van der Waals surface area contributed by atoms with Crippen LogP contribution in [-0.2, 0) is 0 Å². The number of amidine groups is 1. The molecule has 0 saturated carbocycles. The third-order valence-electron chi connectivity index (χ3n) is 2.44. The summed E-state index contributed by atoms with van der Waals surface area (Å²) in [5.41, 5.74) is 1.18. The Kier molecular flexibility index (Phi) is 2.39. The molecule has 0 radical (unpaired) electrons. The Hall–Kier alpha value is -1.51. The second kappa shape index (κ2) is 3.70. The number of hydrogen-bond acceptors (Lipinski definition) is 3. The molecule has 0 aliphatic carbocycles. The molecule has 0 aromatic heterocycles. The summed E-state index contributed by atoms with van der Waals surface area (Å²) in [5.74, 6) is 1.98. The Bertz CT molecular complexity index is 343. The summed E-state index contributed by atoms with van der Waals surface area (Å²) < 4.78 is 5.11. The maximum atomic E-state index is 5.11. The SMILES string of the molecule is COc1ccc(N2CCN=C2C)cc1. The Morgan fingerprint density at radius 1 is 1.29 bits per heavy atom. The molecule has 1 aliphatic rings. The van der Waals surface area contributed by atoms with E-state index in [1.54, 1.807) is 7.11 Å². The first-order valence-electron chi connectivity index (χ1n) is 4.74. The number of nitrogens with zero attached hydrogens (tertiary/aromatic N) is 2. The van der Waals surface area contributed by atoms with Crippen molar-refractivity contribution in [3.05, 3.63) is 24.3 Å². The smallest absolute Gasteiger partial charge is 0.119 e. The normalized spacial score (nSPS) is 15.6. The number of benzene rings is 1. The second-order valence-electron chi connectivity index (χ2n) is 3.28. The number of ether oxygens (including phenoxy) is 1. The minimum absolute atomic E-state index is 0.891. The standard InChI is InChI=1S/C11H14N2O/c1-9-12-7-8-13(9)10-3-5-11(14-2)6-4-10/h3-6H,7-8H2,1-2H3. The van der Waals surface area contributed by atoms with Gasteiger partial charge in [0.2, 0.25) is 0 Å². The zero-order valence-electron chi connectivity index (χ0n) is 8.53. The summed E-state index contributed by atoms with van der Waals surface area (Å²) in [4.78, 5) is 6.56. The Morgan fingerprint density at radius 2 is 2.00 bits per heavy atom. The molecular formula is C11H14N2O. The number of anilines is 1. The van der Waals surface area contributed by atoms with Crippen LogP contribution >= 0.6 is 0 Å². The highest BCUT2D eigenvalue weighted by atomic mass is 16.5. The molecule has 1 heterocycles. The van der Waals surface area contributed by atoms with Gasteiger partial charge in [0, 0.05) is 12.2 Å². The van der Waals surface area contributed by atoms with Crippen molar-refractivity contribution in [2.45, 2.75) is 6.92 Å². The average Bonchev–Trinajstić information content (AvgIpc) is 2.65. The number of rotatable bonds is 2. The molecule has 74 valence electrons. The molecule has 1 aromatic carbocycles. The van der Waals surface area contributed by atoms with Crippen molar-refractivity contribution in [2.24, 2.45) is 4.99 Å². The summed E-state index contributed by atoms with van der Waals surface area (Å²) in [5, 5.41) is 0. The minimum atomic E-state index is 0.891. The van der Waals surface area contributed by atoms with Crippen LogP contribution in [0.4, 0.5) is 5.69 Å². The van der Waals surface area contributed by atoms with Gasteiger partial charge in [-0.2, -0.15) is 0 Å². The maximum absolute atomic E-state index is 5.11. The summed E-state index contributed by atoms with van der Waals surface area (Å²) in [6, 6.07) is 8.06. The molecular weight excluding hydrogens is 176 g/mol. The van der Waals surface area contributed by atoms with E-state index in [1.807, 2.05) is 19.1 Å². The van der Waals surface area contributed by atoms with E-state index in [-0.39, 0.29) is 0 Å². The van der Waals surface area contributed by atoms with Gasteiger partial charge < -0.3 is 9.64 Å². The van der Waals surface area contributed by atoms with Crippen molar-refractivity contribution in [2.75, 3.05) is 25.1 Å². The van der Waals surface area contributed by atoms with Crippen LogP contribution in [0.25, 0.3) is 0 Å². The highest BCUT2D eigenvalue weighted by Gasteiger charge is 2.13. The van der Waals surface area contributed by atoms with E-state index in [9.17, 15) is 0 Å². The van der Waals surface area contributed by atoms with Crippen molar-refractivity contribution in [3.63, 3.8) is 0 Å². The average molecular weight is 190 g/mol. The van der Waals surface area contributed by atoms with Gasteiger partial charge in [-0.3, -0.25) is 4.99 Å². The molecule has 0 N–H and O–H groups in total. The molecule has 0 amide bonds. The largest absolute Gasteiger partial charge is 0.497 e. The molecule has 3 heteroatoms. The van der Waals surface area contributed by atoms with E-state index < -0.39 is 0 Å². The van der Waals surface area contributed by atoms with E-state index in [0.717, 1.165) is 24.7 Å². The lowest BCUT2D eigenvalue weighted by Crippen LogP contribution is -2.24. The zero-order valence-corrected chi connectivity index (χ0v) is 8.53. The topological polar surface area (TPSA) is 24.8 Å². The fraction of sp³-hybridized carbons (Fsp3) is 0.364. The van der Waals surface area contributed by atoms with Crippen LogP contribution in [0.5, 0.6) is 5.75 Å². The first kappa shape index (κ1) is 9.06. The van der Waals surface area contributed by atoms with Crippen LogP contribution < -0.4 is 9.64 Å². The monoisotopic (exact) mass is 190 g/mol. The molecule has 0 bridgehead atoms. The number of hydrogen-bond donors (Lipinski definition) is 0. The van der Waals surface area contributed by atoms with E-state index in [0.29, 0.717) is 0 Å². The lowest BCUT2D eigenvalue weighted by atomic mass is 10.2. The first-order valence-corrected chi connectivity index (χ1v) is 4.74. The van der Waals surface area contributed by atoms with Gasteiger partial charge in [0.05, 0.1) is 13.7 Å². The lowest BCUT2D eigenvalue weighted by Gasteiger charge is -2.18. The minimum Gasteiger partial charge on any atom is -0.497 e. The van der Waals surface area contributed by atoms with Gasteiger partial charge in [-0.05, 0) is 31.2 Å². The van der Waals surface area contributed by atoms with Crippen molar-refractivity contribution in [3.8, 4) is 5.75 Å². The van der Waals surface area contributed by atoms with E-state index in [1.165, 1.54) is 5.69 Å². The Morgan fingerprint density at radius 3 is 2.50 bits per heavy atom. The quantitative estimate of drug-likeness (QED) is 0.712. The van der Waals surface area contributed by atoms with Crippen LogP contribution in [0.3, 0.4) is 0 Å². The molecule has 2 rings (SSSR count). The zero-order chi connectivity index (χ0) is 9.97. The molecule has 0 atom stereocenters. The van der Waals surface area contributed by atoms with Gasteiger partial charge in [-0.25, -0.2) is 0 Å². The lowest BCUT2D eigenvalue weighted by molar-refractivity contribution is 0.415. The number of aliphatic imine (C=N–C) groups is 1. The Labute approximate surface area is 84.0 Å². The van der Waals surface area contributed by atoms with Gasteiger partial charge in [-0.15, -0.1) is 0 Å². The van der Waals surface area contributed by atoms with Gasteiger partial charge in [0.25, 0.3) is 0 Å². The summed E-state index contributed by atoms with van der Waals surface area (Å²) >= 11 is 0. The summed E-state index contributed by atoms with van der Waals surface area (Å²) in [6.07, 6.45) is 0. The molecule has 14 heavy (non-hydrogen) atoms. The first-order chi connectivity index (χ1) is 6.81. The van der Waals surface area contributed by atoms with Gasteiger partial charge in [-0.1, -0.05) is 0 Å². The summed E-state index contributed by atoms with van der Waals surface area (Å²) in [6.45, 7) is 3.92. The molecule has 1 aliphatic heterocycles. The third-order valence-corrected chi connectivity index (χ3v) is 2.44. The Balaban J connectivity index is 2.21. The highest BCUT2D eigenvalue weighted by Crippen LogP contribution is 2.21. The number of methoxy groups -OCH3 is 1. The molecule has 0 spiro atoms. The summed E-state index contributed by atoms with van der Waals surface area (Å²) in [7, 11) is 1.68. The molecule has 3 nitrogen and oxygen atoms in total. The van der Waals surface area contributed by atoms with E-state index in [4.69, 9.17) is 4.74 Å². The third kappa shape index (κ3) is 1.58. The fourth-order valence-corrected chi connectivity index (χ4v) is 1.64.